The van der Waals surface area contributed by atoms with Crippen LogP contribution in [0.4, 0.5) is 4.39 Å². The van der Waals surface area contributed by atoms with Crippen molar-refractivity contribution in [2.45, 2.75) is 6.92 Å². The first-order valence-electron chi connectivity index (χ1n) is 5.31. The summed E-state index contributed by atoms with van der Waals surface area (Å²) in [7, 11) is 0. The van der Waals surface area contributed by atoms with Gasteiger partial charge in [0.1, 0.15) is 5.82 Å². The maximum Gasteiger partial charge on any atom is 0.307 e. The van der Waals surface area contributed by atoms with Crippen LogP contribution < -0.4 is 5.43 Å². The SMILES string of the molecule is C/C(=N/NC(=O)c1ccco1)c1ccc(F)cc1. The van der Waals surface area contributed by atoms with Crippen LogP contribution in [-0.4, -0.2) is 11.6 Å². The van der Waals surface area contributed by atoms with Gasteiger partial charge in [-0.15, -0.1) is 0 Å². The molecule has 92 valence electrons. The summed E-state index contributed by atoms with van der Waals surface area (Å²) >= 11 is 0. The van der Waals surface area contributed by atoms with Gasteiger partial charge in [0.05, 0.1) is 12.0 Å². The third kappa shape index (κ3) is 2.82. The number of amides is 1. The van der Waals surface area contributed by atoms with Gasteiger partial charge in [-0.2, -0.15) is 5.10 Å². The number of hydrazone groups is 1. The standard InChI is InChI=1S/C13H11FN2O2/c1-9(10-4-6-11(14)7-5-10)15-16-13(17)12-3-2-8-18-12/h2-8H,1H3,(H,16,17)/b15-9-. The van der Waals surface area contributed by atoms with Gasteiger partial charge in [0.2, 0.25) is 0 Å². The molecule has 0 atom stereocenters. The number of carbonyl (C=O) groups excluding carboxylic acids is 1. The summed E-state index contributed by atoms with van der Waals surface area (Å²) in [6.45, 7) is 1.72. The maximum absolute atomic E-state index is 12.7. The summed E-state index contributed by atoms with van der Waals surface area (Å²) < 4.78 is 17.6. The highest BCUT2D eigenvalue weighted by molar-refractivity contribution is 6.00. The molecule has 2 rings (SSSR count). The van der Waals surface area contributed by atoms with Crippen molar-refractivity contribution >= 4 is 11.6 Å². The second kappa shape index (κ2) is 5.27. The highest BCUT2D eigenvalue weighted by Crippen LogP contribution is 2.04. The summed E-state index contributed by atoms with van der Waals surface area (Å²) in [5.74, 6) is -0.557. The molecule has 0 aliphatic rings. The van der Waals surface area contributed by atoms with E-state index in [0.717, 1.165) is 5.56 Å². The molecule has 0 fully saturated rings. The zero-order valence-corrected chi connectivity index (χ0v) is 9.68. The van der Waals surface area contributed by atoms with Gasteiger partial charge in [0, 0.05) is 0 Å². The van der Waals surface area contributed by atoms with Gasteiger partial charge in [-0.05, 0) is 36.8 Å². The number of hydrogen-bond donors (Lipinski definition) is 1. The summed E-state index contributed by atoms with van der Waals surface area (Å²) in [6, 6.07) is 9.01. The lowest BCUT2D eigenvalue weighted by molar-refractivity contribution is 0.0927. The molecular formula is C13H11FN2O2. The molecule has 0 saturated heterocycles. The second-order valence-electron chi connectivity index (χ2n) is 3.62. The van der Waals surface area contributed by atoms with Crippen molar-refractivity contribution in [3.63, 3.8) is 0 Å². The van der Waals surface area contributed by atoms with Crippen molar-refractivity contribution in [2.24, 2.45) is 5.10 Å². The molecule has 2 aromatic rings. The zero-order valence-electron chi connectivity index (χ0n) is 9.68. The van der Waals surface area contributed by atoms with Crippen LogP contribution in [0.1, 0.15) is 23.0 Å². The first-order valence-corrected chi connectivity index (χ1v) is 5.31. The number of benzene rings is 1. The highest BCUT2D eigenvalue weighted by atomic mass is 19.1. The maximum atomic E-state index is 12.7. The predicted molar refractivity (Wildman–Crippen MR) is 64.8 cm³/mol. The van der Waals surface area contributed by atoms with E-state index in [1.54, 1.807) is 25.1 Å². The van der Waals surface area contributed by atoms with E-state index in [0.29, 0.717) is 5.71 Å². The topological polar surface area (TPSA) is 54.6 Å². The molecule has 4 nitrogen and oxygen atoms in total. The van der Waals surface area contributed by atoms with E-state index in [1.165, 1.54) is 24.5 Å². The quantitative estimate of drug-likeness (QED) is 0.668. The Kier molecular flexibility index (Phi) is 3.52. The van der Waals surface area contributed by atoms with Gasteiger partial charge in [-0.3, -0.25) is 4.79 Å². The molecule has 0 aliphatic carbocycles. The molecule has 5 heteroatoms. The molecule has 18 heavy (non-hydrogen) atoms. The van der Waals surface area contributed by atoms with Crippen LogP contribution >= 0.6 is 0 Å². The Morgan fingerprint density at radius 2 is 2.00 bits per heavy atom. The van der Waals surface area contributed by atoms with Crippen molar-refractivity contribution in [3.05, 3.63) is 59.8 Å². The fourth-order valence-corrected chi connectivity index (χ4v) is 1.35. The van der Waals surface area contributed by atoms with Crippen molar-refractivity contribution in [1.29, 1.82) is 0 Å². The van der Waals surface area contributed by atoms with E-state index in [4.69, 9.17) is 4.42 Å². The van der Waals surface area contributed by atoms with E-state index in [1.807, 2.05) is 0 Å². The Bertz CT molecular complexity index is 559. The fourth-order valence-electron chi connectivity index (χ4n) is 1.35. The minimum absolute atomic E-state index is 0.186. The van der Waals surface area contributed by atoms with Crippen molar-refractivity contribution < 1.29 is 13.6 Å². The van der Waals surface area contributed by atoms with Gasteiger partial charge in [0.25, 0.3) is 0 Å². The molecule has 0 radical (unpaired) electrons. The molecule has 0 bridgehead atoms. The third-order valence-electron chi connectivity index (χ3n) is 2.33. The average Bonchev–Trinajstić information content (AvgIpc) is 2.90. The zero-order chi connectivity index (χ0) is 13.0. The van der Waals surface area contributed by atoms with Crippen LogP contribution in [0.2, 0.25) is 0 Å². The van der Waals surface area contributed by atoms with Crippen molar-refractivity contribution in [2.75, 3.05) is 0 Å². The molecule has 1 amide bonds. The van der Waals surface area contributed by atoms with Crippen LogP contribution in [0, 0.1) is 5.82 Å². The van der Waals surface area contributed by atoms with E-state index in [9.17, 15) is 9.18 Å². The number of nitrogens with zero attached hydrogens (tertiary/aromatic N) is 1. The summed E-state index contributed by atoms with van der Waals surface area (Å²) in [5, 5.41) is 3.91. The van der Waals surface area contributed by atoms with Gasteiger partial charge in [-0.1, -0.05) is 12.1 Å². The number of halogens is 1. The number of rotatable bonds is 3. The average molecular weight is 246 g/mol. The number of furan rings is 1. The van der Waals surface area contributed by atoms with Gasteiger partial charge >= 0.3 is 5.91 Å². The monoisotopic (exact) mass is 246 g/mol. The lowest BCUT2D eigenvalue weighted by Crippen LogP contribution is -2.18. The number of carbonyl (C=O) groups is 1. The fraction of sp³-hybridized carbons (Fsp3) is 0.0769. The summed E-state index contributed by atoms with van der Waals surface area (Å²) in [5.41, 5.74) is 3.67. The Balaban J connectivity index is 2.05. The minimum Gasteiger partial charge on any atom is -0.459 e. The first-order chi connectivity index (χ1) is 8.66. The Morgan fingerprint density at radius 1 is 1.28 bits per heavy atom. The van der Waals surface area contributed by atoms with E-state index >= 15 is 0 Å². The molecule has 1 aromatic carbocycles. The molecule has 1 heterocycles. The van der Waals surface area contributed by atoms with Gasteiger partial charge in [-0.25, -0.2) is 9.82 Å². The van der Waals surface area contributed by atoms with Crippen LogP contribution in [0.5, 0.6) is 0 Å². The second-order valence-corrected chi connectivity index (χ2v) is 3.62. The van der Waals surface area contributed by atoms with Crippen molar-refractivity contribution in [1.82, 2.24) is 5.43 Å². The largest absolute Gasteiger partial charge is 0.459 e. The Labute approximate surface area is 103 Å². The Hall–Kier alpha value is -2.43. The number of hydrogen-bond acceptors (Lipinski definition) is 3. The molecule has 0 saturated carbocycles. The molecule has 0 aliphatic heterocycles. The van der Waals surface area contributed by atoms with Gasteiger partial charge in [0.15, 0.2) is 5.76 Å². The molecular weight excluding hydrogens is 235 g/mol. The van der Waals surface area contributed by atoms with Crippen LogP contribution in [0.3, 0.4) is 0 Å². The molecule has 0 spiro atoms. The minimum atomic E-state index is -0.429. The normalized spacial score (nSPS) is 11.3. The smallest absolute Gasteiger partial charge is 0.307 e. The lowest BCUT2D eigenvalue weighted by atomic mass is 10.1. The summed E-state index contributed by atoms with van der Waals surface area (Å²) in [4.78, 5) is 11.5. The number of nitrogens with one attached hydrogen (secondary N) is 1. The van der Waals surface area contributed by atoms with E-state index in [-0.39, 0.29) is 11.6 Å². The van der Waals surface area contributed by atoms with Crippen LogP contribution in [0.25, 0.3) is 0 Å². The lowest BCUT2D eigenvalue weighted by Gasteiger charge is -2.01. The van der Waals surface area contributed by atoms with E-state index < -0.39 is 5.91 Å². The van der Waals surface area contributed by atoms with Crippen LogP contribution in [0.15, 0.2) is 52.2 Å². The molecule has 1 N–H and O–H groups in total. The predicted octanol–water partition coefficient (Wildman–Crippen LogP) is 2.57. The van der Waals surface area contributed by atoms with Crippen LogP contribution in [-0.2, 0) is 0 Å². The molecule has 1 aromatic heterocycles. The molecule has 0 unspecified atom stereocenters. The van der Waals surface area contributed by atoms with Gasteiger partial charge < -0.3 is 4.42 Å². The first kappa shape index (κ1) is 12.0. The Morgan fingerprint density at radius 3 is 2.61 bits per heavy atom. The van der Waals surface area contributed by atoms with E-state index in [2.05, 4.69) is 10.5 Å². The highest BCUT2D eigenvalue weighted by Gasteiger charge is 2.07. The third-order valence-corrected chi connectivity index (χ3v) is 2.33. The van der Waals surface area contributed by atoms with Crippen molar-refractivity contribution in [3.8, 4) is 0 Å². The summed E-state index contributed by atoms with van der Waals surface area (Å²) in [6.07, 6.45) is 1.41.